The molecule has 1 aliphatic rings. The lowest BCUT2D eigenvalue weighted by molar-refractivity contribution is -0.135. The largest absolute Gasteiger partial charge is 0.328 e. The summed E-state index contributed by atoms with van der Waals surface area (Å²) in [6, 6.07) is -0.726. The minimum atomic E-state index is -0.726. The van der Waals surface area contributed by atoms with Crippen molar-refractivity contribution in [3.63, 3.8) is 0 Å². The molecule has 1 rings (SSSR count). The summed E-state index contributed by atoms with van der Waals surface area (Å²) in [6.07, 6.45) is 2.36. The summed E-state index contributed by atoms with van der Waals surface area (Å²) in [6.45, 7) is 0. The molecule has 5 nitrogen and oxygen atoms in total. The van der Waals surface area contributed by atoms with E-state index < -0.39 is 23.8 Å². The van der Waals surface area contributed by atoms with E-state index in [1.54, 1.807) is 11.8 Å². The Morgan fingerprint density at radius 2 is 1.77 bits per heavy atom. The van der Waals surface area contributed by atoms with E-state index in [0.29, 0.717) is 6.42 Å². The molecular weight excluding hydrogens is 192 g/mol. The first-order chi connectivity index (χ1) is 6.15. The van der Waals surface area contributed by atoms with Crippen molar-refractivity contribution < 1.29 is 14.4 Å². The van der Waals surface area contributed by atoms with E-state index in [-0.39, 0.29) is 0 Å². The standard InChI is InChI=1S/C7H10N2O3S/c1-13-3-2-4-5(10)8-7(12)9-6(4)11/h4H,2-3H2,1H3,(H2,8,9,10,11,12). The topological polar surface area (TPSA) is 75.3 Å². The van der Waals surface area contributed by atoms with Gasteiger partial charge in [-0.1, -0.05) is 0 Å². The molecule has 13 heavy (non-hydrogen) atoms. The van der Waals surface area contributed by atoms with E-state index in [0.717, 1.165) is 5.75 Å². The van der Waals surface area contributed by atoms with Gasteiger partial charge in [-0.2, -0.15) is 11.8 Å². The second kappa shape index (κ2) is 4.27. The van der Waals surface area contributed by atoms with Crippen LogP contribution < -0.4 is 10.6 Å². The predicted molar refractivity (Wildman–Crippen MR) is 48.2 cm³/mol. The number of imide groups is 2. The molecule has 2 N–H and O–H groups in total. The molecule has 0 aromatic rings. The van der Waals surface area contributed by atoms with Crippen molar-refractivity contribution in [3.05, 3.63) is 0 Å². The lowest BCUT2D eigenvalue weighted by Gasteiger charge is -2.19. The molecule has 0 bridgehead atoms. The van der Waals surface area contributed by atoms with E-state index in [9.17, 15) is 14.4 Å². The zero-order valence-corrected chi connectivity index (χ0v) is 7.94. The molecule has 0 aliphatic carbocycles. The summed E-state index contributed by atoms with van der Waals surface area (Å²) in [4.78, 5) is 32.9. The second-order valence-electron chi connectivity index (χ2n) is 2.64. The number of thioether (sulfide) groups is 1. The van der Waals surface area contributed by atoms with Crippen molar-refractivity contribution >= 4 is 29.6 Å². The highest BCUT2D eigenvalue weighted by molar-refractivity contribution is 7.98. The van der Waals surface area contributed by atoms with Gasteiger partial charge in [0.1, 0.15) is 5.92 Å². The Morgan fingerprint density at radius 1 is 1.23 bits per heavy atom. The maximum atomic E-state index is 11.1. The van der Waals surface area contributed by atoms with E-state index >= 15 is 0 Å². The molecule has 0 aromatic carbocycles. The lowest BCUT2D eigenvalue weighted by atomic mass is 10.0. The SMILES string of the molecule is CSCCC1C(=O)NC(=O)NC1=O. The van der Waals surface area contributed by atoms with E-state index in [1.807, 2.05) is 16.9 Å². The third-order valence-corrected chi connectivity index (χ3v) is 2.36. The van der Waals surface area contributed by atoms with Gasteiger partial charge in [0.25, 0.3) is 0 Å². The molecule has 1 fully saturated rings. The van der Waals surface area contributed by atoms with Gasteiger partial charge in [0.15, 0.2) is 0 Å². The van der Waals surface area contributed by atoms with E-state index in [1.165, 1.54) is 0 Å². The van der Waals surface area contributed by atoms with Crippen molar-refractivity contribution in [2.24, 2.45) is 5.92 Å². The first kappa shape index (κ1) is 10.0. The number of carbonyl (C=O) groups is 3. The van der Waals surface area contributed by atoms with Crippen LogP contribution in [0.1, 0.15) is 6.42 Å². The van der Waals surface area contributed by atoms with Crippen molar-refractivity contribution in [2.45, 2.75) is 6.42 Å². The number of urea groups is 1. The van der Waals surface area contributed by atoms with Crippen LogP contribution in [0.15, 0.2) is 0 Å². The molecule has 0 saturated carbocycles. The molecular formula is C7H10N2O3S. The highest BCUT2D eigenvalue weighted by Gasteiger charge is 2.33. The third kappa shape index (κ3) is 2.45. The van der Waals surface area contributed by atoms with Crippen LogP contribution in [-0.4, -0.2) is 29.9 Å². The van der Waals surface area contributed by atoms with Crippen molar-refractivity contribution in [1.29, 1.82) is 0 Å². The zero-order chi connectivity index (χ0) is 9.84. The number of hydrogen-bond acceptors (Lipinski definition) is 4. The Kier molecular flexibility index (Phi) is 3.30. The Morgan fingerprint density at radius 3 is 2.23 bits per heavy atom. The molecule has 1 heterocycles. The van der Waals surface area contributed by atoms with Gasteiger partial charge in [0, 0.05) is 0 Å². The smallest absolute Gasteiger partial charge is 0.277 e. The quantitative estimate of drug-likeness (QED) is 0.617. The summed E-state index contributed by atoms with van der Waals surface area (Å²) in [7, 11) is 0. The molecule has 1 aliphatic heterocycles. The number of nitrogens with one attached hydrogen (secondary N) is 2. The van der Waals surface area contributed by atoms with E-state index in [2.05, 4.69) is 0 Å². The van der Waals surface area contributed by atoms with Gasteiger partial charge in [-0.05, 0) is 18.4 Å². The number of rotatable bonds is 3. The van der Waals surface area contributed by atoms with Crippen LogP contribution in [0.2, 0.25) is 0 Å². The number of amides is 4. The van der Waals surface area contributed by atoms with Crippen molar-refractivity contribution in [3.8, 4) is 0 Å². The second-order valence-corrected chi connectivity index (χ2v) is 3.63. The number of hydrogen-bond donors (Lipinski definition) is 2. The van der Waals surface area contributed by atoms with Crippen LogP contribution in [0.5, 0.6) is 0 Å². The molecule has 0 spiro atoms. The zero-order valence-electron chi connectivity index (χ0n) is 7.12. The summed E-state index contributed by atoms with van der Waals surface area (Å²) in [5, 5.41) is 4.10. The van der Waals surface area contributed by atoms with Crippen LogP contribution in [0.25, 0.3) is 0 Å². The van der Waals surface area contributed by atoms with Gasteiger partial charge in [-0.25, -0.2) is 4.79 Å². The van der Waals surface area contributed by atoms with Gasteiger partial charge in [0.05, 0.1) is 0 Å². The van der Waals surface area contributed by atoms with E-state index in [4.69, 9.17) is 0 Å². The average Bonchev–Trinajstić information content (AvgIpc) is 2.02. The highest BCUT2D eigenvalue weighted by atomic mass is 32.2. The Bertz CT molecular complexity index is 234. The molecule has 1 saturated heterocycles. The van der Waals surface area contributed by atoms with Gasteiger partial charge in [0.2, 0.25) is 11.8 Å². The molecule has 72 valence electrons. The maximum absolute atomic E-state index is 11.1. The van der Waals surface area contributed by atoms with Crippen molar-refractivity contribution in [2.75, 3.05) is 12.0 Å². The minimum Gasteiger partial charge on any atom is -0.277 e. The lowest BCUT2D eigenvalue weighted by Crippen LogP contribution is -2.55. The molecule has 0 radical (unpaired) electrons. The number of barbiturate groups is 1. The molecule has 0 atom stereocenters. The fourth-order valence-corrected chi connectivity index (χ4v) is 1.52. The molecule has 6 heteroatoms. The minimum absolute atomic E-state index is 0.464. The van der Waals surface area contributed by atoms with Crippen LogP contribution in [-0.2, 0) is 9.59 Å². The Hall–Kier alpha value is -1.04. The third-order valence-electron chi connectivity index (χ3n) is 1.72. The first-order valence-corrected chi connectivity index (χ1v) is 5.19. The fraction of sp³-hybridized carbons (Fsp3) is 0.571. The molecule has 4 amide bonds. The predicted octanol–water partition coefficient (Wildman–Crippen LogP) is -0.278. The maximum Gasteiger partial charge on any atom is 0.328 e. The van der Waals surface area contributed by atoms with Crippen LogP contribution in [0.3, 0.4) is 0 Å². The fourth-order valence-electron chi connectivity index (χ4n) is 1.05. The summed E-state index contributed by atoms with van der Waals surface area (Å²) < 4.78 is 0. The summed E-state index contributed by atoms with van der Waals surface area (Å²) >= 11 is 1.56. The van der Waals surface area contributed by atoms with Crippen LogP contribution in [0, 0.1) is 5.92 Å². The first-order valence-electron chi connectivity index (χ1n) is 3.79. The summed E-state index contributed by atoms with van der Waals surface area (Å²) in [5.74, 6) is -0.990. The van der Waals surface area contributed by atoms with Gasteiger partial charge >= 0.3 is 6.03 Å². The summed E-state index contributed by atoms with van der Waals surface area (Å²) in [5.41, 5.74) is 0. The van der Waals surface area contributed by atoms with Crippen molar-refractivity contribution in [1.82, 2.24) is 10.6 Å². The van der Waals surface area contributed by atoms with Crippen LogP contribution >= 0.6 is 11.8 Å². The monoisotopic (exact) mass is 202 g/mol. The average molecular weight is 202 g/mol. The van der Waals surface area contributed by atoms with Gasteiger partial charge in [-0.15, -0.1) is 0 Å². The highest BCUT2D eigenvalue weighted by Crippen LogP contribution is 2.10. The number of carbonyl (C=O) groups excluding carboxylic acids is 3. The Labute approximate surface area is 79.6 Å². The Balaban J connectivity index is 2.56. The van der Waals surface area contributed by atoms with Gasteiger partial charge in [-0.3, -0.25) is 20.2 Å². The van der Waals surface area contributed by atoms with Gasteiger partial charge < -0.3 is 0 Å². The molecule has 0 unspecified atom stereocenters. The normalized spacial score (nSPS) is 18.4. The van der Waals surface area contributed by atoms with Crippen LogP contribution in [0.4, 0.5) is 4.79 Å². The molecule has 0 aromatic heterocycles.